The second kappa shape index (κ2) is 7.17. The number of para-hydroxylation sites is 1. The topological polar surface area (TPSA) is 49.3 Å². The van der Waals surface area contributed by atoms with Gasteiger partial charge in [-0.3, -0.25) is 4.79 Å². The van der Waals surface area contributed by atoms with E-state index in [0.29, 0.717) is 5.92 Å². The van der Waals surface area contributed by atoms with Crippen molar-refractivity contribution in [2.75, 3.05) is 5.32 Å². The zero-order valence-electron chi connectivity index (χ0n) is 11.4. The summed E-state index contributed by atoms with van der Waals surface area (Å²) in [4.78, 5) is 11.7. The van der Waals surface area contributed by atoms with Gasteiger partial charge >= 0.3 is 0 Å². The van der Waals surface area contributed by atoms with Crippen LogP contribution in [0.3, 0.4) is 0 Å². The Morgan fingerprint density at radius 1 is 1.22 bits per heavy atom. The van der Waals surface area contributed by atoms with Gasteiger partial charge in [0.1, 0.15) is 0 Å². The molecule has 0 unspecified atom stereocenters. The zero-order chi connectivity index (χ0) is 13.5. The van der Waals surface area contributed by atoms with Gasteiger partial charge in [0, 0.05) is 5.69 Å². The molecule has 1 amide bonds. The molecule has 0 saturated carbocycles. The monoisotopic (exact) mass is 249 g/mol. The van der Waals surface area contributed by atoms with Crippen LogP contribution in [0, 0.1) is 11.8 Å². The Bertz CT molecular complexity index is 362. The second-order valence-electron chi connectivity index (χ2n) is 5.29. The molecule has 0 aliphatic rings. The summed E-state index contributed by atoms with van der Waals surface area (Å²) < 4.78 is 0. The molecule has 100 valence electrons. The minimum atomic E-state index is -0.573. The average Bonchev–Trinajstić information content (AvgIpc) is 2.29. The van der Waals surface area contributed by atoms with Crippen LogP contribution in [0.25, 0.3) is 0 Å². The molecule has 1 aromatic carbocycles. The number of hydrogen-bond acceptors (Lipinski definition) is 2. The van der Waals surface area contributed by atoms with Gasteiger partial charge in [-0.05, 0) is 30.4 Å². The van der Waals surface area contributed by atoms with E-state index in [0.717, 1.165) is 12.1 Å². The first-order valence-corrected chi connectivity index (χ1v) is 6.52. The number of aliphatic hydroxyl groups is 1. The number of hydrogen-bond donors (Lipinski definition) is 2. The van der Waals surface area contributed by atoms with Gasteiger partial charge in [0.05, 0.1) is 12.5 Å². The molecular weight excluding hydrogens is 226 g/mol. The summed E-state index contributed by atoms with van der Waals surface area (Å²) >= 11 is 0. The molecule has 0 aliphatic carbocycles. The van der Waals surface area contributed by atoms with Crippen molar-refractivity contribution in [3.05, 3.63) is 30.3 Å². The molecule has 0 radical (unpaired) electrons. The predicted molar refractivity (Wildman–Crippen MR) is 74.3 cm³/mol. The van der Waals surface area contributed by atoms with Crippen molar-refractivity contribution < 1.29 is 9.90 Å². The third kappa shape index (κ3) is 5.32. The lowest BCUT2D eigenvalue weighted by atomic mass is 9.92. The van der Waals surface area contributed by atoms with Crippen LogP contribution in [0.1, 0.15) is 33.6 Å². The van der Waals surface area contributed by atoms with Crippen LogP contribution in [-0.4, -0.2) is 17.1 Å². The Morgan fingerprint density at radius 2 is 1.83 bits per heavy atom. The lowest BCUT2D eigenvalue weighted by Gasteiger charge is -2.20. The largest absolute Gasteiger partial charge is 0.392 e. The summed E-state index contributed by atoms with van der Waals surface area (Å²) in [6, 6.07) is 9.31. The maximum Gasteiger partial charge on any atom is 0.226 e. The molecule has 0 spiro atoms. The predicted octanol–water partition coefficient (Wildman–Crippen LogP) is 3.06. The van der Waals surface area contributed by atoms with E-state index in [2.05, 4.69) is 19.2 Å². The average molecular weight is 249 g/mol. The van der Waals surface area contributed by atoms with E-state index in [9.17, 15) is 9.90 Å². The molecule has 2 N–H and O–H groups in total. The summed E-state index contributed by atoms with van der Waals surface area (Å²) in [6.07, 6.45) is 0.513. The quantitative estimate of drug-likeness (QED) is 0.814. The molecule has 1 rings (SSSR count). The van der Waals surface area contributed by atoms with Gasteiger partial charge in [-0.2, -0.15) is 0 Å². The highest BCUT2D eigenvalue weighted by molar-refractivity contribution is 5.90. The summed E-state index contributed by atoms with van der Waals surface area (Å²) in [5.41, 5.74) is 0.770. The first-order valence-electron chi connectivity index (χ1n) is 6.52. The Balaban J connectivity index is 2.40. The van der Waals surface area contributed by atoms with Crippen molar-refractivity contribution in [1.82, 2.24) is 0 Å². The van der Waals surface area contributed by atoms with Crippen molar-refractivity contribution >= 4 is 11.6 Å². The fourth-order valence-electron chi connectivity index (χ4n) is 2.03. The maximum absolute atomic E-state index is 11.7. The molecular formula is C15H23NO2. The number of amides is 1. The van der Waals surface area contributed by atoms with Crippen LogP contribution in [-0.2, 0) is 4.79 Å². The number of rotatable bonds is 6. The van der Waals surface area contributed by atoms with Crippen LogP contribution in [0.2, 0.25) is 0 Å². The van der Waals surface area contributed by atoms with Gasteiger partial charge < -0.3 is 10.4 Å². The molecule has 18 heavy (non-hydrogen) atoms. The van der Waals surface area contributed by atoms with Crippen LogP contribution in [0.5, 0.6) is 0 Å². The SMILES string of the molecule is CC(C)C[C@@H](C)[C@H](O)CC(=O)Nc1ccccc1. The third-order valence-corrected chi connectivity index (χ3v) is 2.95. The molecule has 0 aromatic heterocycles. The van der Waals surface area contributed by atoms with Crippen molar-refractivity contribution in [2.45, 2.75) is 39.7 Å². The normalized spacial score (nSPS) is 14.3. The second-order valence-corrected chi connectivity index (χ2v) is 5.29. The lowest BCUT2D eigenvalue weighted by Crippen LogP contribution is -2.26. The van der Waals surface area contributed by atoms with Crippen molar-refractivity contribution in [2.24, 2.45) is 11.8 Å². The molecule has 0 bridgehead atoms. The summed E-state index contributed by atoms with van der Waals surface area (Å²) in [5, 5.41) is 12.7. The van der Waals surface area contributed by atoms with E-state index < -0.39 is 6.10 Å². The van der Waals surface area contributed by atoms with E-state index >= 15 is 0 Å². The highest BCUT2D eigenvalue weighted by Crippen LogP contribution is 2.17. The Hall–Kier alpha value is -1.35. The Morgan fingerprint density at radius 3 is 2.39 bits per heavy atom. The molecule has 0 saturated heterocycles. The van der Waals surface area contributed by atoms with Gasteiger partial charge in [0.15, 0.2) is 0 Å². The van der Waals surface area contributed by atoms with E-state index in [-0.39, 0.29) is 18.2 Å². The minimum Gasteiger partial charge on any atom is -0.392 e. The number of anilines is 1. The van der Waals surface area contributed by atoms with Gasteiger partial charge in [-0.1, -0.05) is 39.0 Å². The highest BCUT2D eigenvalue weighted by atomic mass is 16.3. The minimum absolute atomic E-state index is 0.135. The lowest BCUT2D eigenvalue weighted by molar-refractivity contribution is -0.118. The molecule has 0 aliphatic heterocycles. The van der Waals surface area contributed by atoms with Gasteiger partial charge in [-0.15, -0.1) is 0 Å². The number of aliphatic hydroxyl groups excluding tert-OH is 1. The molecule has 3 nitrogen and oxygen atoms in total. The van der Waals surface area contributed by atoms with Crippen LogP contribution >= 0.6 is 0 Å². The summed E-state index contributed by atoms with van der Waals surface area (Å²) in [7, 11) is 0. The van der Waals surface area contributed by atoms with Crippen molar-refractivity contribution in [3.63, 3.8) is 0 Å². The molecule has 2 atom stereocenters. The molecule has 0 fully saturated rings. The van der Waals surface area contributed by atoms with Gasteiger partial charge in [-0.25, -0.2) is 0 Å². The number of carbonyl (C=O) groups excluding carboxylic acids is 1. The van der Waals surface area contributed by atoms with Crippen molar-refractivity contribution in [3.8, 4) is 0 Å². The number of nitrogens with one attached hydrogen (secondary N) is 1. The Labute approximate surface area is 109 Å². The van der Waals surface area contributed by atoms with Crippen LogP contribution in [0.4, 0.5) is 5.69 Å². The van der Waals surface area contributed by atoms with Crippen LogP contribution in [0.15, 0.2) is 30.3 Å². The van der Waals surface area contributed by atoms with E-state index in [4.69, 9.17) is 0 Å². The van der Waals surface area contributed by atoms with E-state index in [1.165, 1.54) is 0 Å². The number of benzene rings is 1. The fraction of sp³-hybridized carbons (Fsp3) is 0.533. The maximum atomic E-state index is 11.7. The molecule has 0 heterocycles. The Kier molecular flexibility index (Phi) is 5.86. The zero-order valence-corrected chi connectivity index (χ0v) is 11.4. The van der Waals surface area contributed by atoms with Crippen LogP contribution < -0.4 is 5.32 Å². The fourth-order valence-corrected chi connectivity index (χ4v) is 2.03. The highest BCUT2D eigenvalue weighted by Gasteiger charge is 2.18. The smallest absolute Gasteiger partial charge is 0.226 e. The van der Waals surface area contributed by atoms with Crippen molar-refractivity contribution in [1.29, 1.82) is 0 Å². The molecule has 3 heteroatoms. The first-order chi connectivity index (χ1) is 8.49. The standard InChI is InChI=1S/C15H23NO2/c1-11(2)9-12(3)14(17)10-15(18)16-13-7-5-4-6-8-13/h4-8,11-12,14,17H,9-10H2,1-3H3,(H,16,18)/t12-,14-/m1/s1. The molecule has 1 aromatic rings. The summed E-state index contributed by atoms with van der Waals surface area (Å²) in [6.45, 7) is 6.22. The van der Waals surface area contributed by atoms with Gasteiger partial charge in [0.25, 0.3) is 0 Å². The summed E-state index contributed by atoms with van der Waals surface area (Å²) in [5.74, 6) is 0.544. The number of carbonyl (C=O) groups is 1. The first kappa shape index (κ1) is 14.7. The third-order valence-electron chi connectivity index (χ3n) is 2.95. The van der Waals surface area contributed by atoms with Gasteiger partial charge in [0.2, 0.25) is 5.91 Å². The van der Waals surface area contributed by atoms with E-state index in [1.54, 1.807) is 0 Å². The van der Waals surface area contributed by atoms with E-state index in [1.807, 2.05) is 37.3 Å².